The maximum Gasteiger partial charge on any atom is 0.173 e. The Bertz CT molecular complexity index is 847. The molecule has 0 atom stereocenters. The average molecular weight is 468 g/mol. The lowest BCUT2D eigenvalue weighted by Crippen LogP contribution is -2.40. The van der Waals surface area contributed by atoms with Gasteiger partial charge in [-0.3, -0.25) is 4.90 Å². The number of anilines is 1. The third-order valence-electron chi connectivity index (χ3n) is 5.02. The molecule has 3 rings (SSSR count). The summed E-state index contributed by atoms with van der Waals surface area (Å²) < 4.78 is 10.9. The van der Waals surface area contributed by atoms with Crippen molar-refractivity contribution in [1.29, 1.82) is 0 Å². The van der Waals surface area contributed by atoms with Crippen LogP contribution < -0.4 is 10.1 Å². The highest BCUT2D eigenvalue weighted by atomic mass is 35.5. The number of halogens is 2. The monoisotopic (exact) mass is 467 g/mol. The van der Waals surface area contributed by atoms with Gasteiger partial charge in [-0.15, -0.1) is 0 Å². The predicted molar refractivity (Wildman–Crippen MR) is 128 cm³/mol. The molecule has 5 nitrogen and oxygen atoms in total. The molecule has 162 valence electrons. The van der Waals surface area contributed by atoms with Gasteiger partial charge in [0.2, 0.25) is 0 Å². The van der Waals surface area contributed by atoms with Crippen LogP contribution in [0.1, 0.15) is 12.0 Å². The van der Waals surface area contributed by atoms with Crippen LogP contribution in [0.5, 0.6) is 5.75 Å². The predicted octanol–water partition coefficient (Wildman–Crippen LogP) is 4.92. The van der Waals surface area contributed by atoms with Crippen molar-refractivity contribution >= 4 is 46.2 Å². The maximum atomic E-state index is 6.41. The van der Waals surface area contributed by atoms with Gasteiger partial charge in [-0.25, -0.2) is 0 Å². The maximum absolute atomic E-state index is 6.41. The van der Waals surface area contributed by atoms with E-state index in [0.717, 1.165) is 62.1 Å². The largest absolute Gasteiger partial charge is 0.495 e. The van der Waals surface area contributed by atoms with Gasteiger partial charge in [0, 0.05) is 48.8 Å². The van der Waals surface area contributed by atoms with Gasteiger partial charge in [-0.1, -0.05) is 41.4 Å². The second kappa shape index (κ2) is 11.7. The third kappa shape index (κ3) is 6.72. The van der Waals surface area contributed by atoms with E-state index in [9.17, 15) is 0 Å². The smallest absolute Gasteiger partial charge is 0.173 e. The van der Waals surface area contributed by atoms with E-state index in [-0.39, 0.29) is 0 Å². The highest BCUT2D eigenvalue weighted by Gasteiger charge is 2.16. The number of rotatable bonds is 8. The van der Waals surface area contributed by atoms with Gasteiger partial charge in [-0.2, -0.15) is 0 Å². The van der Waals surface area contributed by atoms with E-state index in [2.05, 4.69) is 15.1 Å². The van der Waals surface area contributed by atoms with Crippen molar-refractivity contribution < 1.29 is 9.47 Å². The van der Waals surface area contributed by atoms with E-state index in [1.165, 1.54) is 0 Å². The fourth-order valence-electron chi connectivity index (χ4n) is 3.36. The Morgan fingerprint density at radius 3 is 2.70 bits per heavy atom. The summed E-state index contributed by atoms with van der Waals surface area (Å²) in [5.74, 6) is 0.649. The normalized spacial score (nSPS) is 14.4. The number of morpholine rings is 1. The first kappa shape index (κ1) is 23.1. The van der Waals surface area contributed by atoms with Crippen LogP contribution in [0.4, 0.5) is 5.69 Å². The molecular weight excluding hydrogens is 441 g/mol. The highest BCUT2D eigenvalue weighted by molar-refractivity contribution is 7.80. The van der Waals surface area contributed by atoms with Crippen molar-refractivity contribution in [3.8, 4) is 5.75 Å². The summed E-state index contributed by atoms with van der Waals surface area (Å²) in [5.41, 5.74) is 1.82. The minimum Gasteiger partial charge on any atom is -0.495 e. The number of nitrogens with zero attached hydrogens (tertiary/aromatic N) is 2. The van der Waals surface area contributed by atoms with Gasteiger partial charge in [0.05, 0.1) is 26.0 Å². The molecule has 1 heterocycles. The van der Waals surface area contributed by atoms with Crippen LogP contribution in [0.2, 0.25) is 10.0 Å². The zero-order valence-electron chi connectivity index (χ0n) is 17.1. The molecule has 1 fully saturated rings. The highest BCUT2D eigenvalue weighted by Crippen LogP contribution is 2.28. The lowest BCUT2D eigenvalue weighted by molar-refractivity contribution is 0.0368. The van der Waals surface area contributed by atoms with E-state index in [1.54, 1.807) is 13.2 Å². The van der Waals surface area contributed by atoms with Crippen LogP contribution in [0.3, 0.4) is 0 Å². The SMILES string of the molecule is COc1cc(Cl)ccc1NC(=S)N(CCCN1CCOCC1)Cc1ccccc1Cl. The molecule has 8 heteroatoms. The standard InChI is InChI=1S/C22H27Cl2N3O2S/c1-28-21-15-18(23)7-8-20(21)25-22(30)27(16-17-5-2-3-6-19(17)24)10-4-9-26-11-13-29-14-12-26/h2-3,5-8,15H,4,9-14,16H2,1H3,(H,25,30). The zero-order valence-corrected chi connectivity index (χ0v) is 19.4. The molecule has 1 aliphatic heterocycles. The molecule has 1 aliphatic rings. The van der Waals surface area contributed by atoms with Crippen LogP contribution >= 0.6 is 35.4 Å². The number of methoxy groups -OCH3 is 1. The third-order valence-corrected chi connectivity index (χ3v) is 5.98. The quantitative estimate of drug-likeness (QED) is 0.555. The molecule has 0 radical (unpaired) electrons. The van der Waals surface area contributed by atoms with Gasteiger partial charge in [0.15, 0.2) is 5.11 Å². The Morgan fingerprint density at radius 2 is 1.97 bits per heavy atom. The molecule has 0 saturated carbocycles. The minimum absolute atomic E-state index is 0.613. The number of benzene rings is 2. The zero-order chi connectivity index (χ0) is 21.3. The number of ether oxygens (including phenoxy) is 2. The Kier molecular flexibility index (Phi) is 9.03. The molecule has 2 aromatic carbocycles. The van der Waals surface area contributed by atoms with Crippen molar-refractivity contribution in [1.82, 2.24) is 9.80 Å². The van der Waals surface area contributed by atoms with Gasteiger partial charge >= 0.3 is 0 Å². The van der Waals surface area contributed by atoms with E-state index in [0.29, 0.717) is 22.4 Å². The van der Waals surface area contributed by atoms with E-state index < -0.39 is 0 Å². The first-order chi connectivity index (χ1) is 14.6. The molecule has 0 bridgehead atoms. The fourth-order valence-corrected chi connectivity index (χ4v) is 3.98. The van der Waals surface area contributed by atoms with E-state index in [1.807, 2.05) is 36.4 Å². The minimum atomic E-state index is 0.613. The molecule has 2 aromatic rings. The first-order valence-corrected chi connectivity index (χ1v) is 11.2. The molecule has 0 aromatic heterocycles. The molecule has 0 amide bonds. The Balaban J connectivity index is 1.68. The van der Waals surface area contributed by atoms with Crippen molar-refractivity contribution in [3.63, 3.8) is 0 Å². The average Bonchev–Trinajstić information content (AvgIpc) is 2.76. The van der Waals surface area contributed by atoms with Crippen LogP contribution in [-0.4, -0.2) is 61.4 Å². The molecule has 30 heavy (non-hydrogen) atoms. The van der Waals surface area contributed by atoms with Crippen molar-refractivity contribution in [2.75, 3.05) is 51.8 Å². The fraction of sp³-hybridized carbons (Fsp3) is 0.409. The molecule has 1 N–H and O–H groups in total. The molecule has 1 saturated heterocycles. The molecular formula is C22H27Cl2N3O2S. The summed E-state index contributed by atoms with van der Waals surface area (Å²) in [7, 11) is 1.61. The van der Waals surface area contributed by atoms with Crippen molar-refractivity contribution in [2.24, 2.45) is 0 Å². The summed E-state index contributed by atoms with van der Waals surface area (Å²) in [6.45, 7) is 6.02. The Labute approximate surface area is 193 Å². The summed E-state index contributed by atoms with van der Waals surface area (Å²) in [6, 6.07) is 13.3. The Morgan fingerprint density at radius 1 is 1.20 bits per heavy atom. The topological polar surface area (TPSA) is 37.0 Å². The Hall–Kier alpha value is -1.57. The van der Waals surface area contributed by atoms with E-state index >= 15 is 0 Å². The molecule has 0 spiro atoms. The van der Waals surface area contributed by atoms with Gasteiger partial charge in [0.1, 0.15) is 5.75 Å². The van der Waals surface area contributed by atoms with Crippen LogP contribution in [0, 0.1) is 0 Å². The van der Waals surface area contributed by atoms with Crippen LogP contribution in [0.15, 0.2) is 42.5 Å². The summed E-state index contributed by atoms with van der Waals surface area (Å²) in [4.78, 5) is 4.57. The summed E-state index contributed by atoms with van der Waals surface area (Å²) in [5, 5.41) is 5.29. The van der Waals surface area contributed by atoms with E-state index in [4.69, 9.17) is 44.9 Å². The first-order valence-electron chi connectivity index (χ1n) is 10.00. The van der Waals surface area contributed by atoms with Crippen molar-refractivity contribution in [2.45, 2.75) is 13.0 Å². The van der Waals surface area contributed by atoms with Crippen molar-refractivity contribution in [3.05, 3.63) is 58.1 Å². The molecule has 0 aliphatic carbocycles. The van der Waals surface area contributed by atoms with Gasteiger partial charge < -0.3 is 19.7 Å². The number of hydrogen-bond donors (Lipinski definition) is 1. The van der Waals surface area contributed by atoms with Gasteiger partial charge in [-0.05, 0) is 42.4 Å². The summed E-state index contributed by atoms with van der Waals surface area (Å²) in [6.07, 6.45) is 0.990. The lowest BCUT2D eigenvalue weighted by Gasteiger charge is -2.30. The number of nitrogens with one attached hydrogen (secondary N) is 1. The van der Waals surface area contributed by atoms with Gasteiger partial charge in [0.25, 0.3) is 0 Å². The van der Waals surface area contributed by atoms with Crippen LogP contribution in [0.25, 0.3) is 0 Å². The summed E-state index contributed by atoms with van der Waals surface area (Å²) >= 11 is 18.2. The second-order valence-corrected chi connectivity index (χ2v) is 8.33. The molecule has 0 unspecified atom stereocenters. The second-order valence-electron chi connectivity index (χ2n) is 7.10. The lowest BCUT2D eigenvalue weighted by atomic mass is 10.2. The van der Waals surface area contributed by atoms with Crippen LogP contribution in [-0.2, 0) is 11.3 Å². The number of hydrogen-bond acceptors (Lipinski definition) is 4. The number of thiocarbonyl (C=S) groups is 1.